The van der Waals surface area contributed by atoms with Crippen LogP contribution in [-0.4, -0.2) is 12.3 Å². The highest BCUT2D eigenvalue weighted by Gasteiger charge is 2.20. The van der Waals surface area contributed by atoms with E-state index in [2.05, 4.69) is 0 Å². The summed E-state index contributed by atoms with van der Waals surface area (Å²) in [7, 11) is 0. The molecule has 0 aliphatic carbocycles. The molecule has 11 heavy (non-hydrogen) atoms. The van der Waals surface area contributed by atoms with Gasteiger partial charge in [0.1, 0.15) is 12.3 Å². The Labute approximate surface area is 68.0 Å². The third-order valence-electron chi connectivity index (χ3n) is 1.90. The molecule has 2 heteroatoms. The average molecular weight is 164 g/mol. The summed E-state index contributed by atoms with van der Waals surface area (Å²) < 4.78 is 25.8. The van der Waals surface area contributed by atoms with Crippen molar-refractivity contribution in [3.8, 4) is 0 Å². The number of hydrogen-bond acceptors (Lipinski definition) is 0. The molecule has 0 bridgehead atoms. The molecule has 0 heterocycles. The second kappa shape index (κ2) is 4.68. The molecule has 0 N–H and O–H groups in total. The fourth-order valence-electron chi connectivity index (χ4n) is 0.759. The summed E-state index contributed by atoms with van der Waals surface area (Å²) in [5, 5.41) is 0. The van der Waals surface area contributed by atoms with Crippen LogP contribution in [0, 0.1) is 11.8 Å². The molecule has 0 saturated heterocycles. The smallest absolute Gasteiger partial charge is 0.105 e. The van der Waals surface area contributed by atoms with Gasteiger partial charge in [0.25, 0.3) is 0 Å². The first kappa shape index (κ1) is 10.9. The molecule has 0 aromatic carbocycles. The quantitative estimate of drug-likeness (QED) is 0.597. The minimum Gasteiger partial charge on any atom is -0.247 e. The molecule has 2 atom stereocenters. The average Bonchev–Trinajstić information content (AvgIpc) is 1.87. The van der Waals surface area contributed by atoms with Crippen LogP contribution in [-0.2, 0) is 0 Å². The Balaban J connectivity index is 3.66. The van der Waals surface area contributed by atoms with E-state index in [-0.39, 0.29) is 18.3 Å². The highest BCUT2D eigenvalue weighted by atomic mass is 19.1. The van der Waals surface area contributed by atoms with E-state index < -0.39 is 12.3 Å². The van der Waals surface area contributed by atoms with Crippen molar-refractivity contribution in [2.45, 2.75) is 46.5 Å². The first-order chi connectivity index (χ1) is 4.95. The van der Waals surface area contributed by atoms with Crippen LogP contribution in [0.1, 0.15) is 34.1 Å². The molecule has 0 saturated carbocycles. The second-order valence-electron chi connectivity index (χ2n) is 3.76. The Bertz CT molecular complexity index is 87.7. The zero-order valence-electron chi connectivity index (χ0n) is 7.77. The third-order valence-corrected chi connectivity index (χ3v) is 1.90. The molecular formula is C9H18F2. The van der Waals surface area contributed by atoms with E-state index >= 15 is 0 Å². The summed E-state index contributed by atoms with van der Waals surface area (Å²) >= 11 is 0. The van der Waals surface area contributed by atoms with Gasteiger partial charge < -0.3 is 0 Å². The molecule has 0 fully saturated rings. The zero-order valence-corrected chi connectivity index (χ0v) is 7.77. The highest BCUT2D eigenvalue weighted by molar-refractivity contribution is 4.69. The molecule has 0 amide bonds. The fraction of sp³-hybridized carbons (Fsp3) is 1.00. The maximum absolute atomic E-state index is 12.9. The molecule has 68 valence electrons. The topological polar surface area (TPSA) is 0 Å². The van der Waals surface area contributed by atoms with Gasteiger partial charge in [0.2, 0.25) is 0 Å². The van der Waals surface area contributed by atoms with Gasteiger partial charge in [-0.05, 0) is 11.8 Å². The molecule has 2 unspecified atom stereocenters. The van der Waals surface area contributed by atoms with Gasteiger partial charge in [0.05, 0.1) is 0 Å². The predicted molar refractivity (Wildman–Crippen MR) is 44.1 cm³/mol. The van der Waals surface area contributed by atoms with Gasteiger partial charge in [0.15, 0.2) is 0 Å². The van der Waals surface area contributed by atoms with E-state index in [4.69, 9.17) is 0 Å². The van der Waals surface area contributed by atoms with E-state index in [9.17, 15) is 8.78 Å². The van der Waals surface area contributed by atoms with Crippen LogP contribution in [0.4, 0.5) is 8.78 Å². The second-order valence-corrected chi connectivity index (χ2v) is 3.76. The number of hydrogen-bond donors (Lipinski definition) is 0. The molecule has 0 radical (unpaired) electrons. The fourth-order valence-corrected chi connectivity index (χ4v) is 0.759. The van der Waals surface area contributed by atoms with Crippen LogP contribution in [0.15, 0.2) is 0 Å². The van der Waals surface area contributed by atoms with E-state index in [1.807, 2.05) is 0 Å². The third kappa shape index (κ3) is 4.33. The van der Waals surface area contributed by atoms with Crippen molar-refractivity contribution in [1.82, 2.24) is 0 Å². The lowest BCUT2D eigenvalue weighted by Crippen LogP contribution is -2.19. The number of halogens is 2. The van der Waals surface area contributed by atoms with Crippen molar-refractivity contribution in [1.29, 1.82) is 0 Å². The summed E-state index contributed by atoms with van der Waals surface area (Å²) in [6.07, 6.45) is -1.94. The minimum absolute atomic E-state index is 0.0509. The molecule has 0 aromatic rings. The van der Waals surface area contributed by atoms with E-state index in [0.29, 0.717) is 0 Å². The Morgan fingerprint density at radius 3 is 1.27 bits per heavy atom. The van der Waals surface area contributed by atoms with Crippen molar-refractivity contribution in [3.05, 3.63) is 0 Å². The Morgan fingerprint density at radius 2 is 1.09 bits per heavy atom. The van der Waals surface area contributed by atoms with Crippen LogP contribution in [0.25, 0.3) is 0 Å². The molecule has 0 aliphatic heterocycles. The molecule has 0 spiro atoms. The van der Waals surface area contributed by atoms with Gasteiger partial charge in [-0.25, -0.2) is 8.78 Å². The number of rotatable bonds is 4. The van der Waals surface area contributed by atoms with Crippen molar-refractivity contribution in [3.63, 3.8) is 0 Å². The first-order valence-electron chi connectivity index (χ1n) is 4.23. The SMILES string of the molecule is CC(C)C(F)CC(F)C(C)C. The summed E-state index contributed by atoms with van der Waals surface area (Å²) in [6, 6.07) is 0. The largest absolute Gasteiger partial charge is 0.247 e. The van der Waals surface area contributed by atoms with Crippen molar-refractivity contribution in [2.75, 3.05) is 0 Å². The predicted octanol–water partition coefficient (Wildman–Crippen LogP) is 3.36. The standard InChI is InChI=1S/C9H18F2/c1-6(2)8(10)5-9(11)7(3)4/h6-9H,5H2,1-4H3. The summed E-state index contributed by atoms with van der Waals surface area (Å²) in [5.41, 5.74) is 0. The molecular weight excluding hydrogens is 146 g/mol. The van der Waals surface area contributed by atoms with Crippen LogP contribution >= 0.6 is 0 Å². The maximum Gasteiger partial charge on any atom is 0.105 e. The van der Waals surface area contributed by atoms with Gasteiger partial charge in [0, 0.05) is 6.42 Å². The van der Waals surface area contributed by atoms with Crippen LogP contribution in [0.2, 0.25) is 0 Å². The number of alkyl halides is 2. The lowest BCUT2D eigenvalue weighted by atomic mass is 9.97. The van der Waals surface area contributed by atoms with Gasteiger partial charge in [-0.15, -0.1) is 0 Å². The summed E-state index contributed by atoms with van der Waals surface area (Å²) in [4.78, 5) is 0. The van der Waals surface area contributed by atoms with E-state index in [1.54, 1.807) is 27.7 Å². The van der Waals surface area contributed by atoms with Crippen LogP contribution in [0.5, 0.6) is 0 Å². The first-order valence-corrected chi connectivity index (χ1v) is 4.23. The Kier molecular flexibility index (Phi) is 4.62. The monoisotopic (exact) mass is 164 g/mol. The van der Waals surface area contributed by atoms with E-state index in [1.165, 1.54) is 0 Å². The van der Waals surface area contributed by atoms with Gasteiger partial charge in [-0.2, -0.15) is 0 Å². The molecule has 0 aromatic heterocycles. The van der Waals surface area contributed by atoms with Gasteiger partial charge in [-0.1, -0.05) is 27.7 Å². The minimum atomic E-state index is -0.993. The van der Waals surface area contributed by atoms with Crippen molar-refractivity contribution >= 4 is 0 Å². The summed E-state index contributed by atoms with van der Waals surface area (Å²) in [5.74, 6) is -0.126. The van der Waals surface area contributed by atoms with Crippen molar-refractivity contribution < 1.29 is 8.78 Å². The molecule has 0 aliphatic rings. The van der Waals surface area contributed by atoms with Crippen LogP contribution < -0.4 is 0 Å². The highest BCUT2D eigenvalue weighted by Crippen LogP contribution is 2.19. The summed E-state index contributed by atoms with van der Waals surface area (Å²) in [6.45, 7) is 7.10. The van der Waals surface area contributed by atoms with E-state index in [0.717, 1.165) is 0 Å². The maximum atomic E-state index is 12.9. The zero-order chi connectivity index (χ0) is 9.02. The lowest BCUT2D eigenvalue weighted by molar-refractivity contribution is 0.148. The Hall–Kier alpha value is -0.140. The Morgan fingerprint density at radius 1 is 0.818 bits per heavy atom. The molecule has 0 rings (SSSR count). The molecule has 0 nitrogen and oxygen atoms in total. The van der Waals surface area contributed by atoms with Crippen molar-refractivity contribution in [2.24, 2.45) is 11.8 Å². The van der Waals surface area contributed by atoms with Gasteiger partial charge in [-0.3, -0.25) is 0 Å². The normalized spacial score (nSPS) is 17.5. The van der Waals surface area contributed by atoms with Gasteiger partial charge >= 0.3 is 0 Å². The van der Waals surface area contributed by atoms with Crippen LogP contribution in [0.3, 0.4) is 0 Å². The lowest BCUT2D eigenvalue weighted by Gasteiger charge is -2.17.